The monoisotopic (exact) mass is 380 g/mol. The van der Waals surface area contributed by atoms with Gasteiger partial charge in [0.2, 0.25) is 0 Å². The molecule has 3 rings (SSSR count). The first-order valence-electron chi connectivity index (χ1n) is 8.41. The van der Waals surface area contributed by atoms with Crippen LogP contribution in [-0.2, 0) is 16.6 Å². The lowest BCUT2D eigenvalue weighted by molar-refractivity contribution is 0.306. The van der Waals surface area contributed by atoms with E-state index in [1.165, 1.54) is 23.9 Å². The van der Waals surface area contributed by atoms with Crippen LogP contribution < -0.4 is 9.57 Å². The van der Waals surface area contributed by atoms with Gasteiger partial charge in [-0.15, -0.1) is 0 Å². The van der Waals surface area contributed by atoms with Crippen molar-refractivity contribution in [2.45, 2.75) is 18.4 Å². The highest BCUT2D eigenvalue weighted by Crippen LogP contribution is 2.15. The molecule has 0 aliphatic heterocycles. The average molecular weight is 380 g/mol. The molecule has 0 bridgehead atoms. The summed E-state index contributed by atoms with van der Waals surface area (Å²) in [7, 11) is -3.67. The largest absolute Gasteiger partial charge is 0.489 e. The van der Waals surface area contributed by atoms with Crippen LogP contribution in [0.5, 0.6) is 5.75 Å². The van der Waals surface area contributed by atoms with Crippen molar-refractivity contribution in [2.24, 2.45) is 5.10 Å². The first kappa shape index (κ1) is 18.7. The fourth-order valence-electron chi connectivity index (χ4n) is 2.36. The van der Waals surface area contributed by atoms with Crippen molar-refractivity contribution in [2.75, 3.05) is 0 Å². The zero-order valence-electron chi connectivity index (χ0n) is 14.9. The van der Waals surface area contributed by atoms with Crippen molar-refractivity contribution in [1.29, 1.82) is 0 Å². The first-order valence-corrected chi connectivity index (χ1v) is 9.89. The number of hydrazone groups is 1. The molecule has 0 radical (unpaired) electrons. The Hall–Kier alpha value is -3.12. The summed E-state index contributed by atoms with van der Waals surface area (Å²) in [6, 6.07) is 23.5. The van der Waals surface area contributed by atoms with Crippen LogP contribution >= 0.6 is 0 Å². The predicted octanol–water partition coefficient (Wildman–Crippen LogP) is 3.89. The minimum Gasteiger partial charge on any atom is -0.489 e. The number of rotatable bonds is 7. The third kappa shape index (κ3) is 5.43. The Morgan fingerprint density at radius 1 is 0.963 bits per heavy atom. The SMILES string of the molecule is Cc1ccc(COc2cccc(/C=N\NS(=O)(=O)c3ccccc3)c2)cc1. The molecule has 0 spiro atoms. The van der Waals surface area contributed by atoms with Gasteiger partial charge in [0, 0.05) is 0 Å². The van der Waals surface area contributed by atoms with Gasteiger partial charge in [-0.1, -0.05) is 60.2 Å². The van der Waals surface area contributed by atoms with Crippen molar-refractivity contribution < 1.29 is 13.2 Å². The molecule has 0 saturated carbocycles. The molecule has 0 saturated heterocycles. The van der Waals surface area contributed by atoms with Crippen LogP contribution in [0.4, 0.5) is 0 Å². The zero-order chi connectivity index (χ0) is 19.1. The van der Waals surface area contributed by atoms with Gasteiger partial charge in [0.15, 0.2) is 0 Å². The summed E-state index contributed by atoms with van der Waals surface area (Å²) in [5.74, 6) is 0.686. The summed E-state index contributed by atoms with van der Waals surface area (Å²) < 4.78 is 30.0. The molecule has 138 valence electrons. The number of hydrogen-bond acceptors (Lipinski definition) is 4. The van der Waals surface area contributed by atoms with Crippen LogP contribution in [0.15, 0.2) is 88.9 Å². The molecule has 0 aromatic heterocycles. The van der Waals surface area contributed by atoms with E-state index in [4.69, 9.17) is 4.74 Å². The highest BCUT2D eigenvalue weighted by atomic mass is 32.2. The summed E-state index contributed by atoms with van der Waals surface area (Å²) in [4.78, 5) is 2.37. The molecule has 0 fully saturated rings. The van der Waals surface area contributed by atoms with Gasteiger partial charge in [-0.05, 0) is 42.3 Å². The molecule has 3 aromatic rings. The van der Waals surface area contributed by atoms with Crippen molar-refractivity contribution in [3.05, 3.63) is 95.6 Å². The van der Waals surface area contributed by atoms with E-state index < -0.39 is 10.0 Å². The van der Waals surface area contributed by atoms with Gasteiger partial charge in [0.25, 0.3) is 10.0 Å². The molecule has 0 aliphatic rings. The number of nitrogens with one attached hydrogen (secondary N) is 1. The number of hydrogen-bond donors (Lipinski definition) is 1. The summed E-state index contributed by atoms with van der Waals surface area (Å²) in [5, 5.41) is 3.84. The average Bonchev–Trinajstić information content (AvgIpc) is 2.68. The molecule has 0 unspecified atom stereocenters. The maximum Gasteiger partial charge on any atom is 0.276 e. The van der Waals surface area contributed by atoms with Gasteiger partial charge in [0.05, 0.1) is 11.1 Å². The van der Waals surface area contributed by atoms with Gasteiger partial charge in [-0.3, -0.25) is 0 Å². The summed E-state index contributed by atoms with van der Waals surface area (Å²) in [6.07, 6.45) is 1.44. The van der Waals surface area contributed by atoms with E-state index in [-0.39, 0.29) is 4.90 Å². The van der Waals surface area contributed by atoms with Gasteiger partial charge in [-0.2, -0.15) is 13.5 Å². The van der Waals surface area contributed by atoms with Crippen molar-refractivity contribution in [1.82, 2.24) is 4.83 Å². The predicted molar refractivity (Wildman–Crippen MR) is 106 cm³/mol. The Labute approximate surface area is 159 Å². The molecule has 6 heteroatoms. The molecular weight excluding hydrogens is 360 g/mol. The van der Waals surface area contributed by atoms with Crippen LogP contribution in [0.1, 0.15) is 16.7 Å². The number of aryl methyl sites for hydroxylation is 1. The third-order valence-electron chi connectivity index (χ3n) is 3.82. The third-order valence-corrected chi connectivity index (χ3v) is 5.06. The van der Waals surface area contributed by atoms with E-state index in [9.17, 15) is 8.42 Å². The molecule has 1 N–H and O–H groups in total. The zero-order valence-corrected chi connectivity index (χ0v) is 15.7. The van der Waals surface area contributed by atoms with E-state index in [2.05, 4.69) is 9.93 Å². The molecule has 27 heavy (non-hydrogen) atoms. The van der Waals surface area contributed by atoms with Crippen molar-refractivity contribution in [3.63, 3.8) is 0 Å². The molecule has 0 atom stereocenters. The van der Waals surface area contributed by atoms with E-state index in [1.807, 2.05) is 49.4 Å². The fraction of sp³-hybridized carbons (Fsp3) is 0.0952. The Bertz CT molecular complexity index is 1010. The van der Waals surface area contributed by atoms with Crippen LogP contribution in [0.2, 0.25) is 0 Å². The minimum atomic E-state index is -3.67. The number of benzene rings is 3. The number of sulfonamides is 1. The lowest BCUT2D eigenvalue weighted by atomic mass is 10.2. The van der Waals surface area contributed by atoms with E-state index >= 15 is 0 Å². The van der Waals surface area contributed by atoms with E-state index in [0.717, 1.165) is 11.1 Å². The highest BCUT2D eigenvalue weighted by molar-refractivity contribution is 7.89. The van der Waals surface area contributed by atoms with Crippen LogP contribution in [0.25, 0.3) is 0 Å². The number of nitrogens with zero attached hydrogens (tertiary/aromatic N) is 1. The second-order valence-electron chi connectivity index (χ2n) is 6.01. The smallest absolute Gasteiger partial charge is 0.276 e. The quantitative estimate of drug-likeness (QED) is 0.499. The normalized spacial score (nSPS) is 11.4. The number of ether oxygens (including phenoxy) is 1. The summed E-state index contributed by atoms with van der Waals surface area (Å²) in [6.45, 7) is 2.50. The topological polar surface area (TPSA) is 67.8 Å². The van der Waals surface area contributed by atoms with Crippen LogP contribution in [0, 0.1) is 6.92 Å². The maximum atomic E-state index is 12.1. The standard InChI is InChI=1S/C21H20N2O3S/c1-17-10-12-18(13-11-17)16-26-20-7-5-6-19(14-20)15-22-23-27(24,25)21-8-3-2-4-9-21/h2-15,23H,16H2,1H3/b22-15-. The summed E-state index contributed by atoms with van der Waals surface area (Å²) >= 11 is 0. The lowest BCUT2D eigenvalue weighted by Gasteiger charge is -2.07. The Balaban J connectivity index is 1.61. The molecule has 0 aliphatic carbocycles. The van der Waals surface area contributed by atoms with Gasteiger partial charge in [-0.25, -0.2) is 4.83 Å². The second-order valence-corrected chi connectivity index (χ2v) is 7.67. The molecule has 5 nitrogen and oxygen atoms in total. The maximum absolute atomic E-state index is 12.1. The fourth-order valence-corrected chi connectivity index (χ4v) is 3.17. The molecule has 0 amide bonds. The second kappa shape index (κ2) is 8.51. The Morgan fingerprint density at radius 3 is 2.44 bits per heavy atom. The highest BCUT2D eigenvalue weighted by Gasteiger charge is 2.10. The molecule has 0 heterocycles. The van der Waals surface area contributed by atoms with Crippen LogP contribution in [0.3, 0.4) is 0 Å². The lowest BCUT2D eigenvalue weighted by Crippen LogP contribution is -2.18. The van der Waals surface area contributed by atoms with Gasteiger partial charge < -0.3 is 4.74 Å². The minimum absolute atomic E-state index is 0.164. The van der Waals surface area contributed by atoms with Crippen LogP contribution in [-0.4, -0.2) is 14.6 Å². The van der Waals surface area contributed by atoms with E-state index in [0.29, 0.717) is 12.4 Å². The first-order chi connectivity index (χ1) is 13.0. The Kier molecular flexibility index (Phi) is 5.88. The van der Waals surface area contributed by atoms with Gasteiger partial charge in [0.1, 0.15) is 12.4 Å². The Morgan fingerprint density at radius 2 is 1.70 bits per heavy atom. The van der Waals surface area contributed by atoms with Crippen molar-refractivity contribution >= 4 is 16.2 Å². The van der Waals surface area contributed by atoms with E-state index in [1.54, 1.807) is 24.3 Å². The van der Waals surface area contributed by atoms with Gasteiger partial charge >= 0.3 is 0 Å². The molecular formula is C21H20N2O3S. The molecule has 3 aromatic carbocycles. The summed E-state index contributed by atoms with van der Waals surface area (Å²) in [5.41, 5.74) is 3.01. The van der Waals surface area contributed by atoms with Crippen molar-refractivity contribution in [3.8, 4) is 5.75 Å².